The summed E-state index contributed by atoms with van der Waals surface area (Å²) in [6, 6.07) is 2.21. The van der Waals surface area contributed by atoms with Crippen LogP contribution < -0.4 is 43.8 Å². The van der Waals surface area contributed by atoms with Crippen LogP contribution in [0.4, 0.5) is 0 Å². The van der Waals surface area contributed by atoms with Crippen LogP contribution >= 0.6 is 0 Å². The molecule has 0 radical (unpaired) electrons. The molecule has 312 valence electrons. The number of H-pyrrole nitrogens is 1. The highest BCUT2D eigenvalue weighted by Crippen LogP contribution is 2.20. The first-order valence-electron chi connectivity index (χ1n) is 18.9. The minimum atomic E-state index is -1.31. The van der Waals surface area contributed by atoms with Crippen molar-refractivity contribution in [1.82, 2.24) is 41.5 Å². The fourth-order valence-corrected chi connectivity index (χ4v) is 6.24. The van der Waals surface area contributed by atoms with Crippen molar-refractivity contribution in [2.45, 2.75) is 102 Å². The average Bonchev–Trinajstić information content (AvgIpc) is 3.87. The third kappa shape index (κ3) is 15.2. The van der Waals surface area contributed by atoms with Crippen molar-refractivity contribution in [2.75, 3.05) is 19.6 Å². The van der Waals surface area contributed by atoms with E-state index in [0.717, 1.165) is 0 Å². The molecule has 1 fully saturated rings. The van der Waals surface area contributed by atoms with Crippen LogP contribution in [0.25, 0.3) is 0 Å². The summed E-state index contributed by atoms with van der Waals surface area (Å²) >= 11 is 0. The fraction of sp³-hybridized carbons (Fsp3) is 0.541. The second kappa shape index (κ2) is 22.5. The molecule has 6 atom stereocenters. The van der Waals surface area contributed by atoms with Crippen molar-refractivity contribution < 1.29 is 38.7 Å². The van der Waals surface area contributed by atoms with Gasteiger partial charge in [0.2, 0.25) is 35.4 Å². The minimum Gasteiger partial charge on any atom is -0.480 e. The summed E-state index contributed by atoms with van der Waals surface area (Å²) in [5.74, 6) is -5.08. The number of aromatic nitrogens is 2. The van der Waals surface area contributed by atoms with Gasteiger partial charge < -0.3 is 58.8 Å². The Morgan fingerprint density at radius 3 is 2.28 bits per heavy atom. The molecule has 0 spiro atoms. The second-order valence-corrected chi connectivity index (χ2v) is 14.4. The van der Waals surface area contributed by atoms with Gasteiger partial charge in [0.25, 0.3) is 0 Å². The highest BCUT2D eigenvalue weighted by Gasteiger charge is 2.39. The van der Waals surface area contributed by atoms with Crippen molar-refractivity contribution in [3.63, 3.8) is 0 Å². The van der Waals surface area contributed by atoms with E-state index in [4.69, 9.17) is 17.2 Å². The molecule has 1 aliphatic rings. The molecular formula is C37H56N12O8. The number of hydrogen-bond acceptors (Lipinski definition) is 10. The predicted octanol–water partition coefficient (Wildman–Crippen LogP) is -2.23. The lowest BCUT2D eigenvalue weighted by Gasteiger charge is -2.30. The summed E-state index contributed by atoms with van der Waals surface area (Å²) in [4.78, 5) is 104. The van der Waals surface area contributed by atoms with E-state index in [2.05, 4.69) is 41.5 Å². The number of carbonyl (C=O) groups is 7. The van der Waals surface area contributed by atoms with Crippen LogP contribution in [-0.4, -0.2) is 123 Å². The molecular weight excluding hydrogens is 740 g/mol. The van der Waals surface area contributed by atoms with E-state index in [9.17, 15) is 38.7 Å². The number of benzene rings is 1. The molecule has 1 aliphatic heterocycles. The molecule has 57 heavy (non-hydrogen) atoms. The highest BCUT2D eigenvalue weighted by atomic mass is 16.4. The van der Waals surface area contributed by atoms with Crippen LogP contribution in [0.3, 0.4) is 0 Å². The largest absolute Gasteiger partial charge is 0.480 e. The lowest BCUT2D eigenvalue weighted by atomic mass is 10.0. The maximum absolute atomic E-state index is 14.0. The number of hydrogen-bond donors (Lipinski definition) is 10. The van der Waals surface area contributed by atoms with E-state index in [-0.39, 0.29) is 50.7 Å². The first-order valence-corrected chi connectivity index (χ1v) is 18.9. The number of nitrogens with two attached hydrogens (primary N) is 3. The third-order valence-electron chi connectivity index (χ3n) is 9.16. The number of nitrogens with zero attached hydrogens (tertiary/aromatic N) is 3. The minimum absolute atomic E-state index is 0.0288. The van der Waals surface area contributed by atoms with Crippen LogP contribution in [0.15, 0.2) is 47.8 Å². The van der Waals surface area contributed by atoms with Gasteiger partial charge in [0.15, 0.2) is 5.96 Å². The molecule has 20 heteroatoms. The SMILES string of the molecule is CC(C)C[C@H](N)C(=O)NCC(=O)N[C@@H](CCCN=C(N)N)C(=O)N1CCC[C@H]1C(=O)N[C@@H](Cc1ccccc1)C(=O)N[C@@H](C)C(=O)N[C@@H](Cc1cnc[nH]1)C(=O)O. The van der Waals surface area contributed by atoms with E-state index >= 15 is 0 Å². The lowest BCUT2D eigenvalue weighted by Crippen LogP contribution is -2.58. The van der Waals surface area contributed by atoms with E-state index in [1.54, 1.807) is 30.3 Å². The van der Waals surface area contributed by atoms with Gasteiger partial charge in [-0.3, -0.25) is 33.8 Å². The van der Waals surface area contributed by atoms with Crippen LogP contribution in [0, 0.1) is 5.92 Å². The standard InChI is InChI=1S/C37H56N12O8/c1-21(2)15-25(38)32(52)43-19-30(50)46-26(11-7-13-42-37(39)40)35(55)49-14-8-12-29(49)34(54)47-27(16-23-9-5-4-6-10-23)33(53)45-22(3)31(51)48-28(36(56)57)17-24-18-41-20-44-24/h4-6,9-10,18,20-22,25-29H,7-8,11-17,19,38H2,1-3H3,(H,41,44)(H,43,52)(H,45,53)(H,46,50)(H,47,54)(H,48,51)(H,56,57)(H4,39,40,42)/t22-,25-,26-,27-,28-,29-/m0/s1. The van der Waals surface area contributed by atoms with Gasteiger partial charge in [0.1, 0.15) is 30.2 Å². The summed E-state index contributed by atoms with van der Waals surface area (Å²) < 4.78 is 0. The van der Waals surface area contributed by atoms with Gasteiger partial charge in [-0.15, -0.1) is 0 Å². The first kappa shape index (κ1) is 45.3. The molecule has 1 saturated heterocycles. The van der Waals surface area contributed by atoms with Crippen LogP contribution in [0.1, 0.15) is 64.1 Å². The Morgan fingerprint density at radius 2 is 1.65 bits per heavy atom. The van der Waals surface area contributed by atoms with Gasteiger partial charge in [-0.25, -0.2) is 9.78 Å². The zero-order valence-corrected chi connectivity index (χ0v) is 32.5. The Labute approximate surface area is 330 Å². The molecule has 0 aliphatic carbocycles. The zero-order valence-electron chi connectivity index (χ0n) is 32.5. The number of nitrogens with one attached hydrogen (secondary N) is 6. The van der Waals surface area contributed by atoms with Crippen molar-refractivity contribution in [3.05, 3.63) is 54.1 Å². The maximum Gasteiger partial charge on any atom is 0.326 e. The fourth-order valence-electron chi connectivity index (χ4n) is 6.24. The van der Waals surface area contributed by atoms with Gasteiger partial charge in [-0.2, -0.15) is 0 Å². The molecule has 1 aromatic heterocycles. The number of likely N-dealkylation sites (tertiary alicyclic amines) is 1. The van der Waals surface area contributed by atoms with Crippen molar-refractivity contribution >= 4 is 47.4 Å². The van der Waals surface area contributed by atoms with Gasteiger partial charge in [0.05, 0.1) is 18.9 Å². The number of rotatable bonds is 22. The molecule has 2 aromatic rings. The Morgan fingerprint density at radius 1 is 0.930 bits per heavy atom. The number of aromatic amines is 1. The summed E-state index contributed by atoms with van der Waals surface area (Å²) in [6.45, 7) is 5.13. The third-order valence-corrected chi connectivity index (χ3v) is 9.16. The Balaban J connectivity index is 1.73. The molecule has 20 nitrogen and oxygen atoms in total. The number of imidazole rings is 1. The average molecular weight is 797 g/mol. The van der Waals surface area contributed by atoms with Gasteiger partial charge in [-0.05, 0) is 50.5 Å². The highest BCUT2D eigenvalue weighted by molar-refractivity contribution is 5.97. The van der Waals surface area contributed by atoms with Crippen LogP contribution in [0.2, 0.25) is 0 Å². The zero-order chi connectivity index (χ0) is 42.1. The van der Waals surface area contributed by atoms with Crippen LogP contribution in [0.5, 0.6) is 0 Å². The normalized spacial score (nSPS) is 16.3. The monoisotopic (exact) mass is 796 g/mol. The molecule has 0 unspecified atom stereocenters. The molecule has 1 aromatic carbocycles. The number of aliphatic imine (C=N–C) groups is 1. The molecule has 6 amide bonds. The molecule has 3 rings (SSSR count). The molecule has 0 saturated carbocycles. The summed E-state index contributed by atoms with van der Waals surface area (Å²) in [5, 5.41) is 22.6. The molecule has 0 bridgehead atoms. The number of guanidine groups is 1. The van der Waals surface area contributed by atoms with Gasteiger partial charge in [-0.1, -0.05) is 44.2 Å². The van der Waals surface area contributed by atoms with E-state index in [1.807, 2.05) is 13.8 Å². The van der Waals surface area contributed by atoms with E-state index < -0.39 is 84.2 Å². The number of carboxylic acid groups (broad SMARTS) is 1. The smallest absolute Gasteiger partial charge is 0.326 e. The second-order valence-electron chi connectivity index (χ2n) is 14.4. The first-order chi connectivity index (χ1) is 27.0. The Kier molecular flexibility index (Phi) is 17.9. The quantitative estimate of drug-likeness (QED) is 0.0344. The molecule has 13 N–H and O–H groups in total. The topological polar surface area (TPSA) is 322 Å². The number of aliphatic carboxylic acids is 1. The predicted molar refractivity (Wildman–Crippen MR) is 209 cm³/mol. The number of carbonyl (C=O) groups excluding carboxylic acids is 6. The van der Waals surface area contributed by atoms with Crippen molar-refractivity contribution in [2.24, 2.45) is 28.1 Å². The lowest BCUT2D eigenvalue weighted by molar-refractivity contribution is -0.142. The van der Waals surface area contributed by atoms with Gasteiger partial charge >= 0.3 is 5.97 Å². The molecule has 2 heterocycles. The summed E-state index contributed by atoms with van der Waals surface area (Å²) in [5.41, 5.74) is 18.0. The Bertz CT molecular complexity index is 1700. The van der Waals surface area contributed by atoms with Crippen LogP contribution in [-0.2, 0) is 46.4 Å². The number of amides is 6. The van der Waals surface area contributed by atoms with E-state index in [1.165, 1.54) is 24.3 Å². The summed E-state index contributed by atoms with van der Waals surface area (Å²) in [6.07, 6.45) is 4.31. The van der Waals surface area contributed by atoms with Gasteiger partial charge in [0, 0.05) is 37.8 Å². The van der Waals surface area contributed by atoms with E-state index in [0.29, 0.717) is 30.5 Å². The number of carboxylic acids is 1. The Hall–Kier alpha value is -6.05. The maximum atomic E-state index is 14.0. The van der Waals surface area contributed by atoms with Crippen molar-refractivity contribution in [1.29, 1.82) is 0 Å². The van der Waals surface area contributed by atoms with Crippen molar-refractivity contribution in [3.8, 4) is 0 Å². The summed E-state index contributed by atoms with van der Waals surface area (Å²) in [7, 11) is 0.